The zero-order valence-corrected chi connectivity index (χ0v) is 27.0. The monoisotopic (exact) mass is 666 g/mol. The van der Waals surface area contributed by atoms with Crippen molar-refractivity contribution >= 4 is 20.2 Å². The molecule has 0 aromatic heterocycles. The maximum Gasteiger partial charge on any atom is 0.264 e. The minimum atomic E-state index is -4.15. The van der Waals surface area contributed by atoms with Crippen molar-refractivity contribution in [2.45, 2.75) is 63.2 Å². The molecule has 0 aliphatic heterocycles. The van der Waals surface area contributed by atoms with Crippen LogP contribution in [0.25, 0.3) is 0 Å². The van der Waals surface area contributed by atoms with Crippen molar-refractivity contribution in [1.29, 1.82) is 0 Å². The predicted octanol–water partition coefficient (Wildman–Crippen LogP) is 3.20. The van der Waals surface area contributed by atoms with Gasteiger partial charge in [-0.2, -0.15) is 16.8 Å². The quantitative estimate of drug-likeness (QED) is 0.161. The number of aliphatic hydroxyl groups is 2. The number of hydrogen-bond donors (Lipinski definition) is 2. The van der Waals surface area contributed by atoms with E-state index in [1.54, 1.807) is 0 Å². The summed E-state index contributed by atoms with van der Waals surface area (Å²) < 4.78 is 79.2. The molecule has 3 aromatic carbocycles. The SMILES string of the molecule is CS(=O)(=O)OC[C@H](OCc1ccccc1)[C@@H](OCc1ccccc1)[C@H](OS(C)(=O)=O)[C@@H](CCC(O)CO)OCc1ccccc1. The summed E-state index contributed by atoms with van der Waals surface area (Å²) in [5, 5.41) is 19.7. The van der Waals surface area contributed by atoms with Crippen LogP contribution in [0.4, 0.5) is 0 Å². The Morgan fingerprint density at radius 2 is 1.04 bits per heavy atom. The molecule has 3 aromatic rings. The van der Waals surface area contributed by atoms with Gasteiger partial charge in [0.1, 0.15) is 18.3 Å². The molecule has 0 spiro atoms. The summed E-state index contributed by atoms with van der Waals surface area (Å²) in [6, 6.07) is 27.4. The number of rotatable bonds is 21. The minimum Gasteiger partial charge on any atom is -0.394 e. The third-order valence-corrected chi connectivity index (χ3v) is 7.82. The smallest absolute Gasteiger partial charge is 0.264 e. The molecule has 3 rings (SSSR count). The van der Waals surface area contributed by atoms with Gasteiger partial charge in [0, 0.05) is 0 Å². The van der Waals surface area contributed by atoms with Crippen LogP contribution < -0.4 is 0 Å². The van der Waals surface area contributed by atoms with Crippen LogP contribution in [0.2, 0.25) is 0 Å². The highest BCUT2D eigenvalue weighted by Crippen LogP contribution is 2.26. The number of aliphatic hydroxyl groups excluding tert-OH is 2. The van der Waals surface area contributed by atoms with Crippen molar-refractivity contribution in [2.24, 2.45) is 0 Å². The molecule has 0 heterocycles. The van der Waals surface area contributed by atoms with Gasteiger partial charge in [-0.1, -0.05) is 91.0 Å². The molecule has 0 saturated heterocycles. The fourth-order valence-electron chi connectivity index (χ4n) is 4.48. The van der Waals surface area contributed by atoms with Gasteiger partial charge in [-0.25, -0.2) is 0 Å². The lowest BCUT2D eigenvalue weighted by Crippen LogP contribution is -2.52. The fourth-order valence-corrected chi connectivity index (χ4v) is 5.50. The van der Waals surface area contributed by atoms with E-state index in [-0.39, 0.29) is 32.7 Å². The Morgan fingerprint density at radius 1 is 0.600 bits per heavy atom. The van der Waals surface area contributed by atoms with Crippen molar-refractivity contribution in [1.82, 2.24) is 0 Å². The topological polar surface area (TPSA) is 155 Å². The molecule has 2 N–H and O–H groups in total. The van der Waals surface area contributed by atoms with Gasteiger partial charge in [-0.05, 0) is 29.5 Å². The molecule has 0 amide bonds. The molecule has 45 heavy (non-hydrogen) atoms. The maximum atomic E-state index is 12.7. The van der Waals surface area contributed by atoms with Crippen LogP contribution in [-0.2, 0) is 62.6 Å². The summed E-state index contributed by atoms with van der Waals surface area (Å²) in [4.78, 5) is 0. The maximum absolute atomic E-state index is 12.7. The lowest BCUT2D eigenvalue weighted by molar-refractivity contribution is -0.168. The Morgan fingerprint density at radius 3 is 1.47 bits per heavy atom. The fraction of sp³-hybridized carbons (Fsp3) is 0.438. The summed E-state index contributed by atoms with van der Waals surface area (Å²) in [6.07, 6.45) is -4.05. The van der Waals surface area contributed by atoms with Crippen molar-refractivity contribution in [3.8, 4) is 0 Å². The Hall–Kier alpha value is -2.72. The van der Waals surface area contributed by atoms with Crippen molar-refractivity contribution in [2.75, 3.05) is 25.7 Å². The Kier molecular flexibility index (Phi) is 15.1. The van der Waals surface area contributed by atoms with E-state index < -0.39 is 64.0 Å². The lowest BCUT2D eigenvalue weighted by Gasteiger charge is -2.37. The second-order valence-corrected chi connectivity index (χ2v) is 13.8. The average Bonchev–Trinajstić information content (AvgIpc) is 3.01. The van der Waals surface area contributed by atoms with Gasteiger partial charge in [-0.15, -0.1) is 0 Å². The molecule has 5 atom stereocenters. The van der Waals surface area contributed by atoms with Crippen molar-refractivity contribution in [3.05, 3.63) is 108 Å². The number of benzene rings is 3. The Balaban J connectivity index is 2.06. The summed E-state index contributed by atoms with van der Waals surface area (Å²) in [6.45, 7) is -0.954. The molecule has 0 aliphatic carbocycles. The molecule has 0 fully saturated rings. The molecule has 0 aliphatic rings. The highest BCUT2D eigenvalue weighted by molar-refractivity contribution is 7.86. The summed E-state index contributed by atoms with van der Waals surface area (Å²) in [7, 11) is -8.10. The molecule has 0 radical (unpaired) electrons. The number of hydrogen-bond acceptors (Lipinski definition) is 11. The molecule has 248 valence electrons. The third kappa shape index (κ3) is 14.5. The van der Waals surface area contributed by atoms with Crippen LogP contribution in [0, 0.1) is 0 Å². The summed E-state index contributed by atoms with van der Waals surface area (Å²) >= 11 is 0. The Bertz CT molecular complexity index is 1450. The molecule has 1 unspecified atom stereocenters. The standard InChI is InChI=1S/C32H42O11S2/c1-44(35,36)42-24-30(40-22-26-14-8-4-9-15-26)31(41-23-27-16-10-5-11-17-27)32(43-45(2,37)38)29(19-18-28(34)20-33)39-21-25-12-6-3-7-13-25/h3-17,28-34H,18-24H2,1-2H3/t28?,29-,30+,31-,32-/m1/s1. The van der Waals surface area contributed by atoms with E-state index in [1.807, 2.05) is 91.0 Å². The van der Waals surface area contributed by atoms with E-state index in [4.69, 9.17) is 22.6 Å². The zero-order chi connectivity index (χ0) is 32.7. The summed E-state index contributed by atoms with van der Waals surface area (Å²) in [5.74, 6) is 0. The van der Waals surface area contributed by atoms with E-state index in [0.717, 1.165) is 29.2 Å². The van der Waals surface area contributed by atoms with E-state index >= 15 is 0 Å². The van der Waals surface area contributed by atoms with Crippen LogP contribution >= 0.6 is 0 Å². The number of ether oxygens (including phenoxy) is 3. The van der Waals surface area contributed by atoms with Gasteiger partial charge in [0.15, 0.2) is 0 Å². The first-order valence-electron chi connectivity index (χ1n) is 14.4. The largest absolute Gasteiger partial charge is 0.394 e. The second kappa shape index (κ2) is 18.4. The van der Waals surface area contributed by atoms with E-state index in [9.17, 15) is 27.0 Å². The van der Waals surface area contributed by atoms with Gasteiger partial charge in [-0.3, -0.25) is 8.37 Å². The minimum absolute atomic E-state index is 0.0100. The highest BCUT2D eigenvalue weighted by Gasteiger charge is 2.41. The van der Waals surface area contributed by atoms with E-state index in [1.165, 1.54) is 0 Å². The first-order valence-corrected chi connectivity index (χ1v) is 18.0. The van der Waals surface area contributed by atoms with Crippen LogP contribution in [-0.4, -0.2) is 83.3 Å². The van der Waals surface area contributed by atoms with Crippen molar-refractivity contribution in [3.63, 3.8) is 0 Å². The highest BCUT2D eigenvalue weighted by atomic mass is 32.2. The van der Waals surface area contributed by atoms with Gasteiger partial charge in [0.25, 0.3) is 20.2 Å². The lowest BCUT2D eigenvalue weighted by atomic mass is 9.97. The molecule has 13 heteroatoms. The first-order chi connectivity index (χ1) is 21.4. The predicted molar refractivity (Wildman–Crippen MR) is 168 cm³/mol. The molecular weight excluding hydrogens is 624 g/mol. The van der Waals surface area contributed by atoms with Gasteiger partial charge in [0.05, 0.1) is 57.8 Å². The zero-order valence-electron chi connectivity index (χ0n) is 25.4. The van der Waals surface area contributed by atoms with E-state index in [0.29, 0.717) is 0 Å². The van der Waals surface area contributed by atoms with Gasteiger partial charge in [0.2, 0.25) is 0 Å². The normalized spacial score (nSPS) is 15.6. The molecule has 0 saturated carbocycles. The molecule has 0 bridgehead atoms. The molecule has 11 nitrogen and oxygen atoms in total. The molecular formula is C32H42O11S2. The van der Waals surface area contributed by atoms with Crippen LogP contribution in [0.15, 0.2) is 91.0 Å². The second-order valence-electron chi connectivity index (χ2n) is 10.6. The van der Waals surface area contributed by atoms with Crippen LogP contribution in [0.3, 0.4) is 0 Å². The first kappa shape index (κ1) is 36.7. The van der Waals surface area contributed by atoms with Crippen LogP contribution in [0.1, 0.15) is 29.5 Å². The average molecular weight is 667 g/mol. The van der Waals surface area contributed by atoms with E-state index in [2.05, 4.69) is 0 Å². The third-order valence-electron chi connectivity index (χ3n) is 6.68. The van der Waals surface area contributed by atoms with Crippen LogP contribution in [0.5, 0.6) is 0 Å². The summed E-state index contributed by atoms with van der Waals surface area (Å²) in [5.41, 5.74) is 2.32. The Labute approximate surface area is 265 Å². The van der Waals surface area contributed by atoms with Crippen molar-refractivity contribution < 1.29 is 49.6 Å². The van der Waals surface area contributed by atoms with Gasteiger partial charge < -0.3 is 24.4 Å². The van der Waals surface area contributed by atoms with Gasteiger partial charge >= 0.3 is 0 Å².